The number of hydrogen-bond donors (Lipinski definition) is 2. The van der Waals surface area contributed by atoms with E-state index in [-0.39, 0.29) is 5.69 Å². The van der Waals surface area contributed by atoms with Crippen molar-refractivity contribution in [3.05, 3.63) is 10.3 Å². The number of ether oxygens (including phenoxy) is 1. The molecule has 0 aliphatic rings. The Hall–Kier alpha value is -1.37. The summed E-state index contributed by atoms with van der Waals surface area (Å²) in [6.45, 7) is 0. The van der Waals surface area contributed by atoms with Gasteiger partial charge in [-0.3, -0.25) is 10.2 Å². The Bertz CT molecular complexity index is 460. The summed E-state index contributed by atoms with van der Waals surface area (Å²) in [5.74, 6) is -0.509. The first-order valence-corrected chi connectivity index (χ1v) is 4.19. The zero-order valence-electron chi connectivity index (χ0n) is 6.59. The predicted molar refractivity (Wildman–Crippen MR) is 47.3 cm³/mol. The van der Waals surface area contributed by atoms with Crippen LogP contribution in [0.4, 0.5) is 0 Å². The normalized spacial score (nSPS) is 10.6. The summed E-state index contributed by atoms with van der Waals surface area (Å²) in [5.41, 5.74) is 1.30. The van der Waals surface area contributed by atoms with E-state index in [1.807, 2.05) is 0 Å². The maximum Gasteiger partial charge on any atom is 0.360 e. The van der Waals surface area contributed by atoms with Crippen molar-refractivity contribution in [2.75, 3.05) is 7.11 Å². The molecule has 13 heavy (non-hydrogen) atoms. The van der Waals surface area contributed by atoms with Crippen molar-refractivity contribution >= 4 is 32.9 Å². The number of H-pyrrole nitrogens is 2. The molecule has 0 aliphatic carbocycles. The van der Waals surface area contributed by atoms with E-state index in [9.17, 15) is 4.79 Å². The first-order chi connectivity index (χ1) is 6.24. The van der Waals surface area contributed by atoms with E-state index >= 15 is 0 Å². The molecule has 0 aliphatic heterocycles. The van der Waals surface area contributed by atoms with Crippen LogP contribution in [0.25, 0.3) is 11.0 Å². The average molecular weight is 245 g/mol. The van der Waals surface area contributed by atoms with Gasteiger partial charge in [-0.1, -0.05) is 0 Å². The second kappa shape index (κ2) is 2.84. The number of carbonyl (C=O) groups excluding carboxylic acids is 1. The fourth-order valence-electron chi connectivity index (χ4n) is 0.998. The molecular formula is C6H5BrN4O2. The van der Waals surface area contributed by atoms with Crippen LogP contribution in [-0.2, 0) is 4.74 Å². The highest BCUT2D eigenvalue weighted by atomic mass is 79.9. The second-order valence-corrected chi connectivity index (χ2v) is 3.12. The Balaban J connectivity index is 2.64. The SMILES string of the molecule is COC(=O)c1n[nH]c2c(Br)[nH]nc12. The fourth-order valence-corrected chi connectivity index (χ4v) is 1.36. The minimum absolute atomic E-state index is 0.180. The molecular weight excluding hydrogens is 240 g/mol. The molecule has 7 heteroatoms. The zero-order valence-corrected chi connectivity index (χ0v) is 8.17. The number of esters is 1. The highest BCUT2D eigenvalue weighted by Crippen LogP contribution is 2.20. The molecule has 0 amide bonds. The Kier molecular flexibility index (Phi) is 1.80. The minimum Gasteiger partial charge on any atom is -0.464 e. The highest BCUT2D eigenvalue weighted by molar-refractivity contribution is 9.10. The van der Waals surface area contributed by atoms with Gasteiger partial charge in [0.15, 0.2) is 5.69 Å². The van der Waals surface area contributed by atoms with E-state index in [4.69, 9.17) is 0 Å². The number of fused-ring (bicyclic) bond motifs is 1. The lowest BCUT2D eigenvalue weighted by molar-refractivity contribution is 0.0596. The Morgan fingerprint density at radius 3 is 2.92 bits per heavy atom. The number of nitrogens with zero attached hydrogens (tertiary/aromatic N) is 2. The van der Waals surface area contributed by atoms with E-state index in [1.165, 1.54) is 7.11 Å². The van der Waals surface area contributed by atoms with E-state index in [0.717, 1.165) is 0 Å². The molecule has 2 aromatic heterocycles. The lowest BCUT2D eigenvalue weighted by Gasteiger charge is -1.90. The smallest absolute Gasteiger partial charge is 0.360 e. The molecule has 0 saturated carbocycles. The van der Waals surface area contributed by atoms with Gasteiger partial charge in [0, 0.05) is 0 Å². The number of rotatable bonds is 1. The molecule has 2 aromatic rings. The molecule has 6 nitrogen and oxygen atoms in total. The van der Waals surface area contributed by atoms with Gasteiger partial charge in [0.2, 0.25) is 0 Å². The van der Waals surface area contributed by atoms with Crippen molar-refractivity contribution < 1.29 is 9.53 Å². The second-order valence-electron chi connectivity index (χ2n) is 2.32. The molecule has 0 aromatic carbocycles. The van der Waals surface area contributed by atoms with Gasteiger partial charge < -0.3 is 4.74 Å². The summed E-state index contributed by atoms with van der Waals surface area (Å²) < 4.78 is 5.18. The predicted octanol–water partition coefficient (Wildman–Crippen LogP) is 0.835. The molecule has 2 heterocycles. The van der Waals surface area contributed by atoms with Crippen LogP contribution >= 0.6 is 15.9 Å². The number of halogens is 1. The monoisotopic (exact) mass is 244 g/mol. The summed E-state index contributed by atoms with van der Waals surface area (Å²) >= 11 is 3.21. The Morgan fingerprint density at radius 1 is 1.46 bits per heavy atom. The molecule has 0 radical (unpaired) electrons. The number of nitrogens with one attached hydrogen (secondary N) is 2. The van der Waals surface area contributed by atoms with Crippen LogP contribution in [-0.4, -0.2) is 33.5 Å². The van der Waals surface area contributed by atoms with Crippen LogP contribution in [0.1, 0.15) is 10.5 Å². The number of aromatic amines is 2. The largest absolute Gasteiger partial charge is 0.464 e. The summed E-state index contributed by atoms with van der Waals surface area (Å²) in [7, 11) is 1.30. The summed E-state index contributed by atoms with van der Waals surface area (Å²) in [4.78, 5) is 11.1. The van der Waals surface area contributed by atoms with Gasteiger partial charge in [-0.2, -0.15) is 10.2 Å². The lowest BCUT2D eigenvalue weighted by atomic mass is 10.4. The molecule has 0 atom stereocenters. The topological polar surface area (TPSA) is 83.7 Å². The van der Waals surface area contributed by atoms with Crippen molar-refractivity contribution in [1.29, 1.82) is 0 Å². The molecule has 0 spiro atoms. The van der Waals surface area contributed by atoms with Crippen LogP contribution < -0.4 is 0 Å². The number of carbonyl (C=O) groups is 1. The summed E-state index contributed by atoms with van der Waals surface area (Å²) in [6, 6.07) is 0. The van der Waals surface area contributed by atoms with Crippen molar-refractivity contribution in [2.24, 2.45) is 0 Å². The van der Waals surface area contributed by atoms with Gasteiger partial charge >= 0.3 is 5.97 Å². The van der Waals surface area contributed by atoms with E-state index in [2.05, 4.69) is 41.1 Å². The third-order valence-electron chi connectivity index (χ3n) is 1.60. The first-order valence-electron chi connectivity index (χ1n) is 3.40. The van der Waals surface area contributed by atoms with Gasteiger partial charge in [-0.05, 0) is 15.9 Å². The van der Waals surface area contributed by atoms with Crippen LogP contribution in [0.15, 0.2) is 4.60 Å². The summed E-state index contributed by atoms with van der Waals surface area (Å²) in [6.07, 6.45) is 0. The molecule has 0 fully saturated rings. The molecule has 68 valence electrons. The van der Waals surface area contributed by atoms with Gasteiger partial charge in [0.25, 0.3) is 0 Å². The molecule has 0 bridgehead atoms. The third kappa shape index (κ3) is 1.12. The van der Waals surface area contributed by atoms with Crippen molar-refractivity contribution in [1.82, 2.24) is 20.4 Å². The number of hydrogen-bond acceptors (Lipinski definition) is 4. The Labute approximate surface area is 80.8 Å². The van der Waals surface area contributed by atoms with Crippen molar-refractivity contribution in [2.45, 2.75) is 0 Å². The highest BCUT2D eigenvalue weighted by Gasteiger charge is 2.18. The quantitative estimate of drug-likeness (QED) is 0.729. The maximum absolute atomic E-state index is 11.1. The summed E-state index contributed by atoms with van der Waals surface area (Å²) in [5, 5.41) is 13.0. The fraction of sp³-hybridized carbons (Fsp3) is 0.167. The van der Waals surface area contributed by atoms with Crippen LogP contribution in [0.3, 0.4) is 0 Å². The van der Waals surface area contributed by atoms with Gasteiger partial charge in [-0.15, -0.1) is 0 Å². The van der Waals surface area contributed by atoms with E-state index < -0.39 is 5.97 Å². The van der Waals surface area contributed by atoms with Crippen molar-refractivity contribution in [3.8, 4) is 0 Å². The first kappa shape index (κ1) is 8.24. The number of methoxy groups -OCH3 is 1. The number of aromatic nitrogens is 4. The van der Waals surface area contributed by atoms with E-state index in [0.29, 0.717) is 15.6 Å². The zero-order chi connectivity index (χ0) is 9.42. The van der Waals surface area contributed by atoms with Crippen LogP contribution in [0.5, 0.6) is 0 Å². The lowest BCUT2D eigenvalue weighted by Crippen LogP contribution is -2.02. The average Bonchev–Trinajstić information content (AvgIpc) is 2.68. The van der Waals surface area contributed by atoms with Crippen LogP contribution in [0.2, 0.25) is 0 Å². The maximum atomic E-state index is 11.1. The Morgan fingerprint density at radius 2 is 2.23 bits per heavy atom. The van der Waals surface area contributed by atoms with Gasteiger partial charge in [0.05, 0.1) is 7.11 Å². The standard InChI is InChI=1S/C6H5BrN4O2/c1-13-6(12)4-2-3(9-10-4)5(7)11-8-2/h1H3,(H,8,11)(H,9,10). The molecule has 0 saturated heterocycles. The minimum atomic E-state index is -0.509. The molecule has 2 rings (SSSR count). The van der Waals surface area contributed by atoms with E-state index in [1.54, 1.807) is 0 Å². The molecule has 2 N–H and O–H groups in total. The van der Waals surface area contributed by atoms with Crippen molar-refractivity contribution in [3.63, 3.8) is 0 Å². The third-order valence-corrected chi connectivity index (χ3v) is 2.18. The van der Waals surface area contributed by atoms with Crippen LogP contribution in [0, 0.1) is 0 Å². The molecule has 0 unspecified atom stereocenters. The van der Waals surface area contributed by atoms with Gasteiger partial charge in [-0.25, -0.2) is 4.79 Å². The van der Waals surface area contributed by atoms with Gasteiger partial charge in [0.1, 0.15) is 15.6 Å².